The van der Waals surface area contributed by atoms with Crippen LogP contribution in [0.4, 0.5) is 0 Å². The third-order valence-corrected chi connectivity index (χ3v) is 4.34. The van der Waals surface area contributed by atoms with Gasteiger partial charge in [0.1, 0.15) is 17.3 Å². The first-order valence-electron chi connectivity index (χ1n) is 6.09. The molecule has 0 radical (unpaired) electrons. The summed E-state index contributed by atoms with van der Waals surface area (Å²) in [7, 11) is 6.28. The van der Waals surface area contributed by atoms with Gasteiger partial charge in [-0.2, -0.15) is 0 Å². The molecule has 110 valence electrons. The van der Waals surface area contributed by atoms with Gasteiger partial charge in [-0.1, -0.05) is 0 Å². The molecule has 0 aliphatic rings. The molecule has 0 heterocycles. The van der Waals surface area contributed by atoms with Crippen LogP contribution in [-0.4, -0.2) is 63.1 Å². The number of rotatable bonds is 8. The summed E-state index contributed by atoms with van der Waals surface area (Å²) in [4.78, 5) is 0. The van der Waals surface area contributed by atoms with Crippen molar-refractivity contribution in [2.24, 2.45) is 0 Å². The monoisotopic (exact) mass is 264 g/mol. The Morgan fingerprint density at radius 2 is 1.28 bits per heavy atom. The molecular formula is C13H28O5. The number of aliphatic hydroxyl groups is 1. The predicted octanol–water partition coefficient (Wildman–Crippen LogP) is 1.23. The lowest BCUT2D eigenvalue weighted by Crippen LogP contribution is -2.67. The topological polar surface area (TPSA) is 57.2 Å². The Bertz CT molecular complexity index is 248. The van der Waals surface area contributed by atoms with Crippen LogP contribution < -0.4 is 0 Å². The molecule has 1 N–H and O–H groups in total. The molecule has 5 unspecified atom stereocenters. The summed E-state index contributed by atoms with van der Waals surface area (Å²) in [6, 6.07) is 0. The highest BCUT2D eigenvalue weighted by Crippen LogP contribution is 2.37. The van der Waals surface area contributed by atoms with Gasteiger partial charge in [-0.15, -0.1) is 0 Å². The second kappa shape index (κ2) is 6.82. The van der Waals surface area contributed by atoms with Crippen LogP contribution in [0.5, 0.6) is 0 Å². The van der Waals surface area contributed by atoms with Crippen molar-refractivity contribution in [3.8, 4) is 0 Å². The number of aliphatic hydroxyl groups excluding tert-OH is 1. The molecule has 0 rings (SSSR count). The minimum absolute atomic E-state index is 0.258. The number of ether oxygens (including phenoxy) is 4. The quantitative estimate of drug-likeness (QED) is 0.714. The van der Waals surface area contributed by atoms with Crippen molar-refractivity contribution in [1.29, 1.82) is 0 Å². The van der Waals surface area contributed by atoms with Crippen molar-refractivity contribution in [3.05, 3.63) is 0 Å². The lowest BCUT2D eigenvalue weighted by atomic mass is 9.76. The van der Waals surface area contributed by atoms with Crippen molar-refractivity contribution in [2.45, 2.75) is 57.2 Å². The van der Waals surface area contributed by atoms with Gasteiger partial charge >= 0.3 is 0 Å². The van der Waals surface area contributed by atoms with E-state index in [1.54, 1.807) is 42.3 Å². The summed E-state index contributed by atoms with van der Waals surface area (Å²) in [5.41, 5.74) is -1.78. The Labute approximate surface area is 110 Å². The molecule has 0 saturated carbocycles. The van der Waals surface area contributed by atoms with Crippen LogP contribution in [0.25, 0.3) is 0 Å². The van der Waals surface area contributed by atoms with E-state index in [0.29, 0.717) is 0 Å². The van der Waals surface area contributed by atoms with E-state index in [1.807, 2.05) is 13.8 Å². The fourth-order valence-electron chi connectivity index (χ4n) is 2.19. The summed E-state index contributed by atoms with van der Waals surface area (Å²) in [5, 5.41) is 10.5. The van der Waals surface area contributed by atoms with Gasteiger partial charge in [0.25, 0.3) is 0 Å². The zero-order chi connectivity index (χ0) is 14.6. The van der Waals surface area contributed by atoms with Crippen LogP contribution in [0.15, 0.2) is 0 Å². The molecule has 0 aliphatic carbocycles. The Kier molecular flexibility index (Phi) is 6.74. The maximum absolute atomic E-state index is 10.5. The molecule has 5 heteroatoms. The van der Waals surface area contributed by atoms with Crippen LogP contribution in [-0.2, 0) is 18.9 Å². The van der Waals surface area contributed by atoms with Crippen LogP contribution in [0.1, 0.15) is 27.7 Å². The number of hydrogen-bond acceptors (Lipinski definition) is 5. The van der Waals surface area contributed by atoms with Crippen molar-refractivity contribution >= 4 is 0 Å². The highest BCUT2D eigenvalue weighted by atomic mass is 16.6. The SMILES string of the molecule is COC(C)C(O)C(C)(OC)C(C)(OC)C(C)OC. The van der Waals surface area contributed by atoms with Gasteiger partial charge in [-0.05, 0) is 27.7 Å². The number of hydrogen-bond donors (Lipinski definition) is 1. The van der Waals surface area contributed by atoms with Crippen molar-refractivity contribution in [1.82, 2.24) is 0 Å². The van der Waals surface area contributed by atoms with E-state index in [-0.39, 0.29) is 12.2 Å². The average molecular weight is 264 g/mol. The molecule has 0 aromatic rings. The molecule has 0 saturated heterocycles. The Morgan fingerprint density at radius 1 is 0.833 bits per heavy atom. The maximum Gasteiger partial charge on any atom is 0.124 e. The standard InChI is InChI=1S/C13H28O5/c1-9(15-5)11(14)13(4,18-8)12(3,17-7)10(2)16-6/h9-11,14H,1-8H3. The van der Waals surface area contributed by atoms with Crippen molar-refractivity contribution < 1.29 is 24.1 Å². The summed E-state index contributed by atoms with van der Waals surface area (Å²) in [6.45, 7) is 7.32. The van der Waals surface area contributed by atoms with Crippen LogP contribution in [0.3, 0.4) is 0 Å². The molecular weight excluding hydrogens is 236 g/mol. The third kappa shape index (κ3) is 2.86. The van der Waals surface area contributed by atoms with E-state index in [9.17, 15) is 5.11 Å². The van der Waals surface area contributed by atoms with Gasteiger partial charge in [0.2, 0.25) is 0 Å². The summed E-state index contributed by atoms with van der Waals surface area (Å²) in [5.74, 6) is 0. The first-order chi connectivity index (χ1) is 8.24. The van der Waals surface area contributed by atoms with E-state index < -0.39 is 17.3 Å². The summed E-state index contributed by atoms with van der Waals surface area (Å²) in [6.07, 6.45) is -1.49. The van der Waals surface area contributed by atoms with Crippen LogP contribution >= 0.6 is 0 Å². The van der Waals surface area contributed by atoms with Gasteiger partial charge in [0.05, 0.1) is 12.2 Å². The molecule has 0 aliphatic heterocycles. The first-order valence-corrected chi connectivity index (χ1v) is 6.09. The molecule has 0 fully saturated rings. The maximum atomic E-state index is 10.5. The van der Waals surface area contributed by atoms with Crippen molar-refractivity contribution in [3.63, 3.8) is 0 Å². The second-order valence-corrected chi connectivity index (χ2v) is 4.89. The zero-order valence-corrected chi connectivity index (χ0v) is 12.8. The smallest absolute Gasteiger partial charge is 0.124 e. The molecule has 5 nitrogen and oxygen atoms in total. The zero-order valence-electron chi connectivity index (χ0n) is 12.8. The average Bonchev–Trinajstić information content (AvgIpc) is 2.42. The minimum Gasteiger partial charge on any atom is -0.387 e. The van der Waals surface area contributed by atoms with Gasteiger partial charge in [-0.25, -0.2) is 0 Å². The molecule has 0 bridgehead atoms. The lowest BCUT2D eigenvalue weighted by molar-refractivity contribution is -0.261. The highest BCUT2D eigenvalue weighted by molar-refractivity contribution is 5.06. The minimum atomic E-state index is -0.966. The number of methoxy groups -OCH3 is 4. The van der Waals surface area contributed by atoms with Gasteiger partial charge in [0, 0.05) is 28.4 Å². The molecule has 0 aromatic heterocycles. The van der Waals surface area contributed by atoms with Gasteiger partial charge < -0.3 is 24.1 Å². The second-order valence-electron chi connectivity index (χ2n) is 4.89. The van der Waals surface area contributed by atoms with E-state index in [1.165, 1.54) is 0 Å². The molecule has 0 spiro atoms. The third-order valence-electron chi connectivity index (χ3n) is 4.34. The van der Waals surface area contributed by atoms with Crippen LogP contribution in [0, 0.1) is 0 Å². The molecule has 0 aromatic carbocycles. The lowest BCUT2D eigenvalue weighted by Gasteiger charge is -2.50. The molecule has 5 atom stereocenters. The van der Waals surface area contributed by atoms with E-state index >= 15 is 0 Å². The summed E-state index contributed by atoms with van der Waals surface area (Å²) >= 11 is 0. The van der Waals surface area contributed by atoms with Gasteiger partial charge in [0.15, 0.2) is 0 Å². The van der Waals surface area contributed by atoms with Crippen LogP contribution in [0.2, 0.25) is 0 Å². The Hall–Kier alpha value is -0.200. The Balaban J connectivity index is 5.46. The largest absolute Gasteiger partial charge is 0.387 e. The van der Waals surface area contributed by atoms with E-state index in [0.717, 1.165) is 0 Å². The predicted molar refractivity (Wildman–Crippen MR) is 69.8 cm³/mol. The summed E-state index contributed by atoms with van der Waals surface area (Å²) < 4.78 is 21.7. The molecule has 0 amide bonds. The van der Waals surface area contributed by atoms with E-state index in [4.69, 9.17) is 18.9 Å². The fraction of sp³-hybridized carbons (Fsp3) is 1.00. The first kappa shape index (κ1) is 17.8. The molecule has 18 heavy (non-hydrogen) atoms. The Morgan fingerprint density at radius 3 is 1.56 bits per heavy atom. The normalized spacial score (nSPS) is 23.8. The van der Waals surface area contributed by atoms with Gasteiger partial charge in [-0.3, -0.25) is 0 Å². The fourth-order valence-corrected chi connectivity index (χ4v) is 2.19. The van der Waals surface area contributed by atoms with E-state index in [2.05, 4.69) is 0 Å². The highest BCUT2D eigenvalue weighted by Gasteiger charge is 2.55. The van der Waals surface area contributed by atoms with Crippen molar-refractivity contribution in [2.75, 3.05) is 28.4 Å².